The molecule has 0 saturated heterocycles. The van der Waals surface area contributed by atoms with Gasteiger partial charge in [0, 0.05) is 48.8 Å². The lowest BCUT2D eigenvalue weighted by Crippen LogP contribution is -2.08. The highest BCUT2D eigenvalue weighted by Crippen LogP contribution is 2.26. The van der Waals surface area contributed by atoms with Crippen LogP contribution in [-0.2, 0) is 0 Å². The summed E-state index contributed by atoms with van der Waals surface area (Å²) in [6.45, 7) is 6.94. The van der Waals surface area contributed by atoms with Crippen LogP contribution < -0.4 is 18.9 Å². The highest BCUT2D eigenvalue weighted by molar-refractivity contribution is 5.92. The number of aromatic hydroxyl groups is 2. The number of benzene rings is 4. The third kappa shape index (κ3) is 20.4. The number of phenols is 2. The minimum Gasteiger partial charge on any atom is -0.507 e. The van der Waals surface area contributed by atoms with Crippen LogP contribution in [0.15, 0.2) is 94.9 Å². The molecular weight excluding hydrogens is 793 g/mol. The molecule has 0 atom stereocenters. The lowest BCUT2D eigenvalue weighted by Gasteiger charge is -2.08. The predicted molar refractivity (Wildman–Crippen MR) is 254 cm³/mol. The summed E-state index contributed by atoms with van der Waals surface area (Å²) >= 11 is 0. The van der Waals surface area contributed by atoms with Gasteiger partial charge in [-0.25, -0.2) is 9.59 Å². The first-order valence-corrected chi connectivity index (χ1v) is 23.4. The average Bonchev–Trinajstić information content (AvgIpc) is 3.29. The van der Waals surface area contributed by atoms with Gasteiger partial charge < -0.3 is 29.2 Å². The van der Waals surface area contributed by atoms with Gasteiger partial charge in [0.05, 0.1) is 24.3 Å². The predicted octanol–water partition coefficient (Wildman–Crippen LogP) is 13.3. The third-order valence-corrected chi connectivity index (χ3v) is 10.7. The van der Waals surface area contributed by atoms with Crippen molar-refractivity contribution >= 4 is 24.4 Å². The quantitative estimate of drug-likeness (QED) is 0.0214. The number of hydrogen-bond acceptors (Lipinski definition) is 10. The van der Waals surface area contributed by atoms with E-state index in [0.717, 1.165) is 56.4 Å². The van der Waals surface area contributed by atoms with E-state index in [0.29, 0.717) is 48.6 Å². The molecule has 0 radical (unpaired) electrons. The van der Waals surface area contributed by atoms with Gasteiger partial charge in [0.1, 0.15) is 34.5 Å². The van der Waals surface area contributed by atoms with E-state index in [4.69, 9.17) is 18.9 Å². The maximum atomic E-state index is 12.7. The standard InChI is InChI=1S/C53H70N2O8/c1-3-5-7-9-11-13-15-20-36-60-46-28-22-42(23-29-46)52(58)62-48-32-26-44(50(56)38-48)40-54-34-18-17-19-35-55-41-45-27-33-49(39-51(45)57)63-53(59)43-24-30-47(31-25-43)61-37-21-16-14-12-10-8-6-4-2/h22-33,38-41,56-57H,3-21,34-37H2,1-2H3. The summed E-state index contributed by atoms with van der Waals surface area (Å²) in [5.74, 6) is 0.828. The maximum absolute atomic E-state index is 12.7. The molecule has 4 aromatic carbocycles. The second kappa shape index (κ2) is 30.4. The monoisotopic (exact) mass is 863 g/mol. The summed E-state index contributed by atoms with van der Waals surface area (Å²) in [5.41, 5.74) is 1.85. The van der Waals surface area contributed by atoms with Crippen LogP contribution in [0.2, 0.25) is 0 Å². The molecule has 63 heavy (non-hydrogen) atoms. The van der Waals surface area contributed by atoms with Crippen molar-refractivity contribution in [1.82, 2.24) is 0 Å². The lowest BCUT2D eigenvalue weighted by atomic mass is 10.1. The van der Waals surface area contributed by atoms with E-state index in [1.807, 2.05) is 0 Å². The summed E-state index contributed by atoms with van der Waals surface area (Å²) in [7, 11) is 0. The molecule has 2 N–H and O–H groups in total. The molecule has 340 valence electrons. The molecule has 0 bridgehead atoms. The van der Waals surface area contributed by atoms with Crippen LogP contribution in [-0.4, -0.2) is 60.9 Å². The van der Waals surface area contributed by atoms with Crippen LogP contribution in [0.3, 0.4) is 0 Å². The van der Waals surface area contributed by atoms with Crippen molar-refractivity contribution in [2.45, 2.75) is 136 Å². The molecule has 0 fully saturated rings. The summed E-state index contributed by atoms with van der Waals surface area (Å²) in [6, 6.07) is 23.2. The fourth-order valence-corrected chi connectivity index (χ4v) is 6.86. The fraction of sp³-hybridized carbons (Fsp3) is 0.472. The molecule has 10 nitrogen and oxygen atoms in total. The Morgan fingerprint density at radius 1 is 0.444 bits per heavy atom. The van der Waals surface area contributed by atoms with Gasteiger partial charge in [-0.15, -0.1) is 0 Å². The second-order valence-corrected chi connectivity index (χ2v) is 16.0. The molecule has 0 aliphatic rings. The molecule has 0 unspecified atom stereocenters. The molecule has 0 saturated carbocycles. The van der Waals surface area contributed by atoms with Crippen LogP contribution >= 0.6 is 0 Å². The second-order valence-electron chi connectivity index (χ2n) is 16.0. The Hall–Kier alpha value is -5.64. The zero-order valence-electron chi connectivity index (χ0n) is 37.7. The number of esters is 2. The van der Waals surface area contributed by atoms with Crippen molar-refractivity contribution in [3.8, 4) is 34.5 Å². The molecule has 10 heteroatoms. The first-order valence-electron chi connectivity index (χ1n) is 23.4. The van der Waals surface area contributed by atoms with E-state index >= 15 is 0 Å². The minimum atomic E-state index is -0.518. The molecule has 0 aliphatic heterocycles. The van der Waals surface area contributed by atoms with Gasteiger partial charge in [0.25, 0.3) is 0 Å². The zero-order valence-corrected chi connectivity index (χ0v) is 37.7. The molecule has 4 aromatic rings. The number of carbonyl (C=O) groups is 2. The smallest absolute Gasteiger partial charge is 0.343 e. The lowest BCUT2D eigenvalue weighted by molar-refractivity contribution is 0.0724. The normalized spacial score (nSPS) is 11.3. The summed E-state index contributed by atoms with van der Waals surface area (Å²) in [5, 5.41) is 21.0. The summed E-state index contributed by atoms with van der Waals surface area (Å²) in [4.78, 5) is 34.3. The van der Waals surface area contributed by atoms with Gasteiger partial charge in [-0.3, -0.25) is 9.98 Å². The fourth-order valence-electron chi connectivity index (χ4n) is 6.86. The number of phenolic OH excluding ortho intramolecular Hbond substituents is 2. The summed E-state index contributed by atoms with van der Waals surface area (Å²) in [6.07, 6.45) is 25.7. The Morgan fingerprint density at radius 3 is 1.14 bits per heavy atom. The van der Waals surface area contributed by atoms with Gasteiger partial charge in [0.15, 0.2) is 0 Å². The number of aliphatic imine (C=N–C) groups is 2. The Labute approximate surface area is 375 Å². The van der Waals surface area contributed by atoms with Crippen LogP contribution in [0.1, 0.15) is 168 Å². The minimum absolute atomic E-state index is 0.0302. The molecule has 4 rings (SSSR count). The zero-order chi connectivity index (χ0) is 44.7. The average molecular weight is 863 g/mol. The van der Waals surface area contributed by atoms with E-state index < -0.39 is 11.9 Å². The van der Waals surface area contributed by atoms with Crippen molar-refractivity contribution < 1.29 is 38.7 Å². The molecule has 0 heterocycles. The molecule has 0 amide bonds. The van der Waals surface area contributed by atoms with E-state index in [1.165, 1.54) is 89.2 Å². The first kappa shape index (κ1) is 50.0. The Morgan fingerprint density at radius 2 is 0.778 bits per heavy atom. The number of ether oxygens (including phenoxy) is 4. The highest BCUT2D eigenvalue weighted by atomic mass is 16.5. The van der Waals surface area contributed by atoms with Crippen LogP contribution in [0.5, 0.6) is 34.5 Å². The highest BCUT2D eigenvalue weighted by Gasteiger charge is 2.12. The van der Waals surface area contributed by atoms with Gasteiger partial charge in [0.2, 0.25) is 0 Å². The van der Waals surface area contributed by atoms with Crippen molar-refractivity contribution in [2.24, 2.45) is 9.98 Å². The van der Waals surface area contributed by atoms with Crippen LogP contribution in [0, 0.1) is 0 Å². The number of unbranched alkanes of at least 4 members (excludes halogenated alkanes) is 16. The van der Waals surface area contributed by atoms with Crippen molar-refractivity contribution in [3.05, 3.63) is 107 Å². The van der Waals surface area contributed by atoms with Crippen molar-refractivity contribution in [3.63, 3.8) is 0 Å². The third-order valence-electron chi connectivity index (χ3n) is 10.7. The Balaban J connectivity index is 1.06. The molecule has 0 aliphatic carbocycles. The van der Waals surface area contributed by atoms with E-state index in [9.17, 15) is 19.8 Å². The number of nitrogens with zero attached hydrogens (tertiary/aromatic N) is 2. The van der Waals surface area contributed by atoms with Gasteiger partial charge in [-0.2, -0.15) is 0 Å². The summed E-state index contributed by atoms with van der Waals surface area (Å²) < 4.78 is 22.7. The number of carbonyl (C=O) groups excluding carboxylic acids is 2. The first-order chi connectivity index (χ1) is 30.9. The van der Waals surface area contributed by atoms with E-state index in [1.54, 1.807) is 85.2 Å². The Bertz CT molecular complexity index is 1820. The maximum Gasteiger partial charge on any atom is 0.343 e. The van der Waals surface area contributed by atoms with Gasteiger partial charge in [-0.05, 0) is 105 Å². The number of hydrogen-bond donors (Lipinski definition) is 2. The van der Waals surface area contributed by atoms with Crippen LogP contribution in [0.4, 0.5) is 0 Å². The Kier molecular flexibility index (Phi) is 24.1. The van der Waals surface area contributed by atoms with Crippen molar-refractivity contribution in [1.29, 1.82) is 0 Å². The van der Waals surface area contributed by atoms with Gasteiger partial charge in [-0.1, -0.05) is 104 Å². The van der Waals surface area contributed by atoms with E-state index in [2.05, 4.69) is 23.8 Å². The van der Waals surface area contributed by atoms with E-state index in [-0.39, 0.29) is 23.0 Å². The molecular formula is C53H70N2O8. The molecule has 0 aromatic heterocycles. The van der Waals surface area contributed by atoms with Crippen molar-refractivity contribution in [2.75, 3.05) is 26.3 Å². The van der Waals surface area contributed by atoms with Gasteiger partial charge >= 0.3 is 11.9 Å². The SMILES string of the molecule is CCCCCCCCCCOc1ccc(C(=O)Oc2ccc(C=NCCCCCN=Cc3ccc(OC(=O)c4ccc(OCCCCCCCCCC)cc4)cc3O)c(O)c2)cc1. The topological polar surface area (TPSA) is 136 Å². The number of rotatable bonds is 32. The van der Waals surface area contributed by atoms with Crippen LogP contribution in [0.25, 0.3) is 0 Å². The molecule has 0 spiro atoms. The largest absolute Gasteiger partial charge is 0.507 e.